The number of thiol groups is 1. The molecule has 17 heavy (non-hydrogen) atoms. The minimum Gasteiger partial charge on any atom is -0.369 e. The van der Waals surface area contributed by atoms with Gasteiger partial charge in [0.1, 0.15) is 0 Å². The molecule has 1 rings (SSSR count). The largest absolute Gasteiger partial charge is 0.369 e. The van der Waals surface area contributed by atoms with Gasteiger partial charge in [-0.1, -0.05) is 0 Å². The smallest absolute Gasteiger partial charge is 0.234 e. The van der Waals surface area contributed by atoms with Gasteiger partial charge in [-0.2, -0.15) is 12.6 Å². The van der Waals surface area contributed by atoms with Gasteiger partial charge in [0.05, 0.1) is 5.75 Å². The second-order valence-corrected chi connectivity index (χ2v) is 4.45. The number of carbonyl (C=O) groups is 1. The van der Waals surface area contributed by atoms with Gasteiger partial charge in [0.15, 0.2) is 0 Å². The Morgan fingerprint density at radius 3 is 2.35 bits per heavy atom. The second-order valence-electron chi connectivity index (χ2n) is 4.13. The van der Waals surface area contributed by atoms with Crippen LogP contribution in [0.3, 0.4) is 0 Å². The number of hydrogen-bond donors (Lipinski definition) is 2. The molecule has 1 aromatic carbocycles. The molecule has 0 aliphatic heterocycles. The minimum absolute atomic E-state index is 0.0858. The molecule has 4 heteroatoms. The fraction of sp³-hybridized carbons (Fsp3) is 0.462. The number of carbonyl (C=O) groups excluding carboxylic acids is 1. The van der Waals surface area contributed by atoms with Crippen molar-refractivity contribution in [1.82, 2.24) is 0 Å². The minimum atomic E-state index is -0.0858. The lowest BCUT2D eigenvalue weighted by Gasteiger charge is -2.27. The van der Waals surface area contributed by atoms with Crippen molar-refractivity contribution in [3.63, 3.8) is 0 Å². The van der Waals surface area contributed by atoms with Crippen LogP contribution >= 0.6 is 12.6 Å². The summed E-state index contributed by atoms with van der Waals surface area (Å²) in [6.45, 7) is 7.44. The Morgan fingerprint density at radius 2 is 1.94 bits per heavy atom. The molecule has 1 N–H and O–H groups in total. The first-order chi connectivity index (χ1) is 8.08. The third kappa shape index (κ3) is 3.97. The zero-order valence-electron chi connectivity index (χ0n) is 10.6. The average molecular weight is 252 g/mol. The van der Waals surface area contributed by atoms with Gasteiger partial charge in [-0.3, -0.25) is 4.79 Å². The highest BCUT2D eigenvalue weighted by Gasteiger charge is 2.08. The predicted molar refractivity (Wildman–Crippen MR) is 77.1 cm³/mol. The highest BCUT2D eigenvalue weighted by atomic mass is 32.1. The Balaban J connectivity index is 2.76. The maximum absolute atomic E-state index is 11.2. The first-order valence-corrected chi connectivity index (χ1v) is 6.49. The molecule has 0 saturated carbocycles. The van der Waals surface area contributed by atoms with Gasteiger partial charge in [0.2, 0.25) is 5.91 Å². The van der Waals surface area contributed by atoms with E-state index < -0.39 is 0 Å². The summed E-state index contributed by atoms with van der Waals surface area (Å²) in [5.41, 5.74) is 1.99. The van der Waals surface area contributed by atoms with Crippen LogP contribution in [0.2, 0.25) is 0 Å². The van der Waals surface area contributed by atoms with Crippen LogP contribution in [0.1, 0.15) is 20.8 Å². The van der Waals surface area contributed by atoms with E-state index in [2.05, 4.69) is 43.6 Å². The summed E-state index contributed by atoms with van der Waals surface area (Å²) in [6, 6.07) is 8.36. The van der Waals surface area contributed by atoms with Crippen molar-refractivity contribution in [3.05, 3.63) is 24.3 Å². The van der Waals surface area contributed by atoms with E-state index in [1.165, 1.54) is 5.69 Å². The fourth-order valence-corrected chi connectivity index (χ4v) is 1.86. The van der Waals surface area contributed by atoms with Crippen LogP contribution in [-0.4, -0.2) is 24.2 Å². The van der Waals surface area contributed by atoms with E-state index in [0.29, 0.717) is 6.04 Å². The van der Waals surface area contributed by atoms with Crippen LogP contribution in [0.4, 0.5) is 11.4 Å². The number of benzene rings is 1. The number of rotatable bonds is 5. The third-order valence-corrected chi connectivity index (χ3v) is 2.88. The molecule has 0 aliphatic rings. The van der Waals surface area contributed by atoms with Gasteiger partial charge in [0.25, 0.3) is 0 Å². The van der Waals surface area contributed by atoms with Crippen molar-refractivity contribution < 1.29 is 4.79 Å². The molecule has 0 unspecified atom stereocenters. The van der Waals surface area contributed by atoms with E-state index in [9.17, 15) is 4.79 Å². The molecule has 94 valence electrons. The highest BCUT2D eigenvalue weighted by molar-refractivity contribution is 7.81. The van der Waals surface area contributed by atoms with Crippen molar-refractivity contribution in [1.29, 1.82) is 0 Å². The molecule has 0 spiro atoms. The van der Waals surface area contributed by atoms with Crippen LogP contribution in [0.15, 0.2) is 24.3 Å². The third-order valence-electron chi connectivity index (χ3n) is 2.59. The van der Waals surface area contributed by atoms with E-state index in [1.54, 1.807) is 0 Å². The number of anilines is 2. The lowest BCUT2D eigenvalue weighted by molar-refractivity contribution is -0.113. The molecule has 0 atom stereocenters. The number of nitrogens with one attached hydrogen (secondary N) is 1. The standard InChI is InChI=1S/C13H20N2OS/c1-4-15(10(2)3)12-7-5-11(6-8-12)14-13(16)9-17/h5-8,10,17H,4,9H2,1-3H3,(H,14,16). The summed E-state index contributed by atoms with van der Waals surface area (Å²) < 4.78 is 0. The molecule has 0 fully saturated rings. The molecule has 0 saturated heterocycles. The Hall–Kier alpha value is -1.16. The van der Waals surface area contributed by atoms with Crippen LogP contribution < -0.4 is 10.2 Å². The van der Waals surface area contributed by atoms with Crippen LogP contribution in [0, 0.1) is 0 Å². The van der Waals surface area contributed by atoms with Gasteiger partial charge < -0.3 is 10.2 Å². The molecular formula is C13H20N2OS. The van der Waals surface area contributed by atoms with Gasteiger partial charge in [-0.25, -0.2) is 0 Å². The van der Waals surface area contributed by atoms with Gasteiger partial charge >= 0.3 is 0 Å². The molecular weight excluding hydrogens is 232 g/mol. The first kappa shape index (κ1) is 13.9. The van der Waals surface area contributed by atoms with Crippen molar-refractivity contribution >= 4 is 29.9 Å². The molecule has 3 nitrogen and oxygen atoms in total. The van der Waals surface area contributed by atoms with E-state index in [-0.39, 0.29) is 11.7 Å². The Kier molecular flexibility index (Phi) is 5.35. The monoisotopic (exact) mass is 252 g/mol. The summed E-state index contributed by atoms with van der Waals surface area (Å²) >= 11 is 3.92. The van der Waals surface area contributed by atoms with E-state index in [1.807, 2.05) is 24.3 Å². The van der Waals surface area contributed by atoms with Crippen LogP contribution in [-0.2, 0) is 4.79 Å². The molecule has 0 aromatic heterocycles. The fourth-order valence-electron chi connectivity index (χ4n) is 1.78. The summed E-state index contributed by atoms with van der Waals surface area (Å²) in [7, 11) is 0. The topological polar surface area (TPSA) is 32.3 Å². The maximum Gasteiger partial charge on any atom is 0.234 e. The lowest BCUT2D eigenvalue weighted by Crippen LogP contribution is -2.30. The van der Waals surface area contributed by atoms with Crippen LogP contribution in [0.25, 0.3) is 0 Å². The lowest BCUT2D eigenvalue weighted by atomic mass is 10.2. The Morgan fingerprint density at radius 1 is 1.35 bits per heavy atom. The summed E-state index contributed by atoms with van der Waals surface area (Å²) in [6.07, 6.45) is 0. The molecule has 1 aromatic rings. The number of hydrogen-bond acceptors (Lipinski definition) is 3. The zero-order valence-corrected chi connectivity index (χ0v) is 11.5. The summed E-state index contributed by atoms with van der Waals surface area (Å²) in [5, 5.41) is 2.77. The molecule has 0 heterocycles. The molecule has 0 bridgehead atoms. The average Bonchev–Trinajstić information content (AvgIpc) is 2.31. The van der Waals surface area contributed by atoms with Crippen molar-refractivity contribution in [2.75, 3.05) is 22.5 Å². The Bertz CT molecular complexity index is 362. The maximum atomic E-state index is 11.2. The predicted octanol–water partition coefficient (Wildman–Crippen LogP) is 2.79. The highest BCUT2D eigenvalue weighted by Crippen LogP contribution is 2.19. The molecule has 0 radical (unpaired) electrons. The first-order valence-electron chi connectivity index (χ1n) is 5.86. The van der Waals surface area contributed by atoms with Gasteiger partial charge in [0, 0.05) is 24.0 Å². The normalized spacial score (nSPS) is 10.4. The van der Waals surface area contributed by atoms with Crippen molar-refractivity contribution in [2.45, 2.75) is 26.8 Å². The number of amides is 1. The van der Waals surface area contributed by atoms with Crippen molar-refractivity contribution in [2.24, 2.45) is 0 Å². The second kappa shape index (κ2) is 6.55. The molecule has 1 amide bonds. The molecule has 0 aliphatic carbocycles. The van der Waals surface area contributed by atoms with Gasteiger partial charge in [-0.05, 0) is 45.0 Å². The van der Waals surface area contributed by atoms with Gasteiger partial charge in [-0.15, -0.1) is 0 Å². The van der Waals surface area contributed by atoms with E-state index in [0.717, 1.165) is 12.2 Å². The number of nitrogens with zero attached hydrogens (tertiary/aromatic N) is 1. The Labute approximate surface area is 109 Å². The quantitative estimate of drug-likeness (QED) is 0.790. The van der Waals surface area contributed by atoms with E-state index >= 15 is 0 Å². The van der Waals surface area contributed by atoms with E-state index in [4.69, 9.17) is 0 Å². The summed E-state index contributed by atoms with van der Waals surface area (Å²) in [4.78, 5) is 13.5. The SMILES string of the molecule is CCN(c1ccc(NC(=O)CS)cc1)C(C)C. The zero-order chi connectivity index (χ0) is 12.8. The van der Waals surface area contributed by atoms with Crippen molar-refractivity contribution in [3.8, 4) is 0 Å². The van der Waals surface area contributed by atoms with Crippen LogP contribution in [0.5, 0.6) is 0 Å². The summed E-state index contributed by atoms with van der Waals surface area (Å²) in [5.74, 6) is 0.117.